The van der Waals surface area contributed by atoms with Crippen molar-refractivity contribution in [1.29, 1.82) is 5.26 Å². The third-order valence-corrected chi connectivity index (χ3v) is 7.76. The van der Waals surface area contributed by atoms with Crippen molar-refractivity contribution >= 4 is 39.1 Å². The normalized spacial score (nSPS) is 11.4. The van der Waals surface area contributed by atoms with E-state index in [0.29, 0.717) is 11.1 Å². The van der Waals surface area contributed by atoms with E-state index in [0.717, 1.165) is 23.9 Å². The Morgan fingerprint density at radius 3 is 2.19 bits per heavy atom. The number of nitrogens with zero attached hydrogens (tertiary/aromatic N) is 4. The molecule has 0 radical (unpaired) electrons. The molecule has 0 fully saturated rings. The van der Waals surface area contributed by atoms with Crippen molar-refractivity contribution in [3.05, 3.63) is 106 Å². The summed E-state index contributed by atoms with van der Waals surface area (Å²) < 4.78 is 4.47. The van der Waals surface area contributed by atoms with Crippen LogP contribution >= 0.6 is 0 Å². The Morgan fingerprint density at radius 1 is 0.881 bits per heavy atom. The zero-order valence-electron chi connectivity index (χ0n) is 24.1. The van der Waals surface area contributed by atoms with Gasteiger partial charge in [-0.2, -0.15) is 5.26 Å². The molecule has 0 N–H and O–H groups in total. The third kappa shape index (κ3) is 6.88. The van der Waals surface area contributed by atoms with E-state index in [1.54, 1.807) is 12.1 Å². The Balaban J connectivity index is 0.00000405. The fraction of sp³-hybridized carbons (Fsp3) is 0.257. The maximum absolute atomic E-state index is 11.1. The highest BCUT2D eigenvalue weighted by Crippen LogP contribution is 2.34. The molecule has 2 aromatic heterocycles. The molecule has 5 aromatic rings. The number of unbranched alkanes of at least 4 members (excludes halogenated alkanes) is 5. The number of nitro benzene ring substituents is 1. The van der Waals surface area contributed by atoms with Crippen LogP contribution in [-0.4, -0.2) is 9.49 Å². The average molecular weight is 671 g/mol. The van der Waals surface area contributed by atoms with Crippen molar-refractivity contribution in [3.8, 4) is 17.2 Å². The van der Waals surface area contributed by atoms with Crippen LogP contribution in [0.15, 0.2) is 85.2 Å². The number of nitro groups is 1. The lowest BCUT2D eigenvalue weighted by molar-refractivity contribution is -0.671. The topological polar surface area (TPSA) is 75.7 Å². The highest BCUT2D eigenvalue weighted by Gasteiger charge is 2.14. The van der Waals surface area contributed by atoms with Crippen molar-refractivity contribution in [3.63, 3.8) is 0 Å². The van der Waals surface area contributed by atoms with Crippen LogP contribution in [0.3, 0.4) is 0 Å². The molecular weight excluding hydrogens is 635 g/mol. The zero-order valence-corrected chi connectivity index (χ0v) is 26.3. The summed E-state index contributed by atoms with van der Waals surface area (Å²) in [6.45, 7) is 3.21. The number of hydrogen-bond acceptors (Lipinski definition) is 3. The van der Waals surface area contributed by atoms with Crippen molar-refractivity contribution in [2.45, 2.75) is 52.0 Å². The van der Waals surface area contributed by atoms with Crippen molar-refractivity contribution < 1.29 is 33.5 Å². The smallest absolute Gasteiger partial charge is 0.269 e. The minimum Gasteiger partial charge on any atom is -1.00 e. The number of benzene rings is 3. The van der Waals surface area contributed by atoms with E-state index in [1.165, 1.54) is 71.8 Å². The molecule has 0 aliphatic carbocycles. The number of aryl methyl sites for hydroxylation is 2. The molecule has 0 aliphatic heterocycles. The molecule has 0 spiro atoms. The van der Waals surface area contributed by atoms with Gasteiger partial charge < -0.3 is 28.5 Å². The van der Waals surface area contributed by atoms with Gasteiger partial charge >= 0.3 is 0 Å². The molecule has 0 saturated carbocycles. The average Bonchev–Trinajstić information content (AvgIpc) is 3.30. The first kappa shape index (κ1) is 30.9. The second-order valence-electron chi connectivity index (χ2n) is 10.7. The summed E-state index contributed by atoms with van der Waals surface area (Å²) in [6.07, 6.45) is 13.5. The molecule has 0 aliphatic rings. The van der Waals surface area contributed by atoms with Crippen LogP contribution in [0.5, 0.6) is 0 Å². The molecule has 3 aromatic carbocycles. The summed E-state index contributed by atoms with van der Waals surface area (Å²) >= 11 is 0. The lowest BCUT2D eigenvalue weighted by atomic mass is 10.0. The van der Waals surface area contributed by atoms with Gasteiger partial charge in [-0.05, 0) is 71.1 Å². The largest absolute Gasteiger partial charge is 1.00 e. The quantitative estimate of drug-likeness (QED) is 0.0348. The monoisotopic (exact) mass is 670 g/mol. The Hall–Kier alpha value is -4.03. The van der Waals surface area contributed by atoms with E-state index in [9.17, 15) is 15.4 Å². The van der Waals surface area contributed by atoms with Crippen molar-refractivity contribution in [2.24, 2.45) is 7.05 Å². The number of hydrogen-bond donors (Lipinski definition) is 0. The first-order valence-electron chi connectivity index (χ1n) is 14.4. The molecule has 0 bridgehead atoms. The predicted molar refractivity (Wildman–Crippen MR) is 166 cm³/mol. The zero-order chi connectivity index (χ0) is 28.8. The molecular formula is C35H35IN4O2. The summed E-state index contributed by atoms with van der Waals surface area (Å²) in [5, 5.41) is 23.3. The van der Waals surface area contributed by atoms with Crippen LogP contribution in [0, 0.1) is 21.4 Å². The number of halogens is 1. The molecule has 7 heteroatoms. The molecule has 0 atom stereocenters. The van der Waals surface area contributed by atoms with E-state index in [4.69, 9.17) is 0 Å². The SMILES string of the molecule is CCCCCCCCn1c2ccc(/C=C(\C#N)c3ccc([N+](=O)[O-])cc3)cc2c2cc(-c3cc[n+](C)cc3)ccc21.[I-]. The highest BCUT2D eigenvalue weighted by atomic mass is 127. The Bertz CT molecular complexity index is 1760. The van der Waals surface area contributed by atoms with E-state index >= 15 is 0 Å². The number of allylic oxidation sites excluding steroid dienone is 1. The van der Waals surface area contributed by atoms with E-state index in [1.807, 2.05) is 17.7 Å². The van der Waals surface area contributed by atoms with Crippen molar-refractivity contribution in [1.82, 2.24) is 4.57 Å². The fourth-order valence-electron chi connectivity index (χ4n) is 5.49. The first-order valence-corrected chi connectivity index (χ1v) is 14.4. The molecule has 5 rings (SSSR count). The standard InChI is InChI=1S/C35H35N4O2.HI/c1-3-4-5-6-7-8-19-38-34-15-9-26(22-30(25-36)27-10-13-31(14-11-27)39(40)41)23-32(34)33-24-29(12-16-35(33)38)28-17-20-37(2)21-18-28;/h9-18,20-24H,3-8,19H2,1-2H3;1H/q+1;/p-1/b30-22+;. The van der Waals surface area contributed by atoms with Crippen LogP contribution in [0.25, 0.3) is 44.6 Å². The van der Waals surface area contributed by atoms with E-state index in [2.05, 4.69) is 78.5 Å². The summed E-state index contributed by atoms with van der Waals surface area (Å²) in [4.78, 5) is 10.6. The van der Waals surface area contributed by atoms with Crippen LogP contribution in [0.1, 0.15) is 56.6 Å². The van der Waals surface area contributed by atoms with Gasteiger partial charge in [-0.15, -0.1) is 0 Å². The van der Waals surface area contributed by atoms with Gasteiger partial charge in [0.2, 0.25) is 0 Å². The Kier molecular flexibility index (Phi) is 10.5. The molecule has 214 valence electrons. The Morgan fingerprint density at radius 2 is 1.52 bits per heavy atom. The van der Waals surface area contributed by atoms with Gasteiger partial charge in [0.05, 0.1) is 16.6 Å². The summed E-state index contributed by atoms with van der Waals surface area (Å²) in [6, 6.07) is 25.8. The van der Waals surface area contributed by atoms with Gasteiger partial charge in [0.15, 0.2) is 12.4 Å². The summed E-state index contributed by atoms with van der Waals surface area (Å²) in [5.41, 5.74) is 6.80. The van der Waals surface area contributed by atoms with Gasteiger partial charge in [0.1, 0.15) is 7.05 Å². The number of rotatable bonds is 11. The maximum atomic E-state index is 11.1. The lowest BCUT2D eigenvalue weighted by Crippen LogP contribution is -3.00. The van der Waals surface area contributed by atoms with Crippen LogP contribution < -0.4 is 28.5 Å². The predicted octanol–water partition coefficient (Wildman–Crippen LogP) is 5.62. The van der Waals surface area contributed by atoms with Gasteiger partial charge in [-0.3, -0.25) is 10.1 Å². The summed E-state index contributed by atoms with van der Waals surface area (Å²) in [7, 11) is 2.02. The van der Waals surface area contributed by atoms with Crippen LogP contribution in [0.4, 0.5) is 5.69 Å². The van der Waals surface area contributed by atoms with Gasteiger partial charge in [0.25, 0.3) is 5.69 Å². The third-order valence-electron chi connectivity index (χ3n) is 7.76. The molecule has 2 heterocycles. The lowest BCUT2D eigenvalue weighted by Gasteiger charge is -2.08. The number of aromatic nitrogens is 2. The first-order chi connectivity index (χ1) is 20.0. The number of fused-ring (bicyclic) bond motifs is 3. The van der Waals surface area contributed by atoms with Gasteiger partial charge in [-0.25, -0.2) is 4.57 Å². The minimum absolute atomic E-state index is 0. The second-order valence-corrected chi connectivity index (χ2v) is 10.7. The van der Waals surface area contributed by atoms with E-state index < -0.39 is 4.92 Å². The Labute approximate surface area is 264 Å². The number of non-ortho nitro benzene ring substituents is 1. The van der Waals surface area contributed by atoms with Crippen molar-refractivity contribution in [2.75, 3.05) is 0 Å². The van der Waals surface area contributed by atoms with E-state index in [-0.39, 0.29) is 29.7 Å². The maximum Gasteiger partial charge on any atom is 0.269 e. The van der Waals surface area contributed by atoms with Crippen LogP contribution in [0.2, 0.25) is 0 Å². The molecule has 0 saturated heterocycles. The molecule has 0 unspecified atom stereocenters. The molecule has 42 heavy (non-hydrogen) atoms. The summed E-state index contributed by atoms with van der Waals surface area (Å²) in [5.74, 6) is 0. The second kappa shape index (κ2) is 14.2. The van der Waals surface area contributed by atoms with Crippen LogP contribution in [-0.2, 0) is 13.6 Å². The van der Waals surface area contributed by atoms with Gasteiger partial charge in [-0.1, -0.05) is 51.2 Å². The van der Waals surface area contributed by atoms with Gasteiger partial charge in [0, 0.05) is 52.6 Å². The minimum atomic E-state index is -0.432. The highest BCUT2D eigenvalue weighted by molar-refractivity contribution is 6.10. The molecule has 6 nitrogen and oxygen atoms in total. The number of pyridine rings is 1. The fourth-order valence-corrected chi connectivity index (χ4v) is 5.49. The molecule has 0 amide bonds. The number of nitriles is 1.